The molecule has 1 saturated heterocycles. The first-order valence-corrected chi connectivity index (χ1v) is 9.20. The first-order valence-electron chi connectivity index (χ1n) is 8.06. The van der Waals surface area contributed by atoms with Gasteiger partial charge in [-0.1, -0.05) is 40.9 Å². The van der Waals surface area contributed by atoms with Crippen LogP contribution in [0.4, 0.5) is 5.69 Å². The van der Waals surface area contributed by atoms with Crippen molar-refractivity contribution in [2.75, 3.05) is 18.1 Å². The second kappa shape index (κ2) is 8.30. The standard InChI is InChI=1S/C19H14Cl3NO4/c20-13-6-4-11(5-7-13)16(24)10-27-19(26)12-8-17(25)23(9-12)15-3-1-2-14(21)18(15)22/h1-7,12H,8-10H2/t12-/m0/s1. The van der Waals surface area contributed by atoms with Crippen molar-refractivity contribution in [1.29, 1.82) is 0 Å². The number of hydrogen-bond donors (Lipinski definition) is 0. The molecule has 140 valence electrons. The van der Waals surface area contributed by atoms with E-state index in [1.165, 1.54) is 4.90 Å². The monoisotopic (exact) mass is 425 g/mol. The van der Waals surface area contributed by atoms with Crippen LogP contribution in [0, 0.1) is 5.92 Å². The summed E-state index contributed by atoms with van der Waals surface area (Å²) in [6.07, 6.45) is -0.0171. The average Bonchev–Trinajstić information content (AvgIpc) is 3.04. The summed E-state index contributed by atoms with van der Waals surface area (Å²) in [7, 11) is 0. The fraction of sp³-hybridized carbons (Fsp3) is 0.211. The molecule has 0 saturated carbocycles. The summed E-state index contributed by atoms with van der Waals surface area (Å²) < 4.78 is 5.10. The molecule has 0 spiro atoms. The van der Waals surface area contributed by atoms with Gasteiger partial charge in [-0.05, 0) is 36.4 Å². The van der Waals surface area contributed by atoms with Gasteiger partial charge in [0, 0.05) is 23.6 Å². The van der Waals surface area contributed by atoms with Crippen molar-refractivity contribution in [3.05, 3.63) is 63.1 Å². The van der Waals surface area contributed by atoms with Gasteiger partial charge in [0.05, 0.1) is 21.7 Å². The molecule has 8 heteroatoms. The van der Waals surface area contributed by atoms with E-state index in [-0.39, 0.29) is 29.7 Å². The molecule has 1 amide bonds. The summed E-state index contributed by atoms with van der Waals surface area (Å²) in [5.41, 5.74) is 0.837. The third kappa shape index (κ3) is 4.43. The summed E-state index contributed by atoms with van der Waals surface area (Å²) in [4.78, 5) is 38.0. The highest BCUT2D eigenvalue weighted by molar-refractivity contribution is 6.44. The smallest absolute Gasteiger partial charge is 0.311 e. The molecule has 1 heterocycles. The minimum absolute atomic E-state index is 0.0171. The highest BCUT2D eigenvalue weighted by atomic mass is 35.5. The zero-order chi connectivity index (χ0) is 19.6. The quantitative estimate of drug-likeness (QED) is 0.524. The van der Waals surface area contributed by atoms with Crippen molar-refractivity contribution in [1.82, 2.24) is 0 Å². The Morgan fingerprint density at radius 1 is 1.07 bits per heavy atom. The van der Waals surface area contributed by atoms with Crippen molar-refractivity contribution >= 4 is 58.1 Å². The Kier molecular flexibility index (Phi) is 6.05. The normalized spacial score (nSPS) is 16.5. The molecule has 0 N–H and O–H groups in total. The van der Waals surface area contributed by atoms with Crippen molar-refractivity contribution in [2.24, 2.45) is 5.92 Å². The van der Waals surface area contributed by atoms with Gasteiger partial charge in [0.2, 0.25) is 5.91 Å². The minimum atomic E-state index is -0.675. The van der Waals surface area contributed by atoms with Gasteiger partial charge >= 0.3 is 5.97 Å². The topological polar surface area (TPSA) is 63.7 Å². The number of carbonyl (C=O) groups is 3. The van der Waals surface area contributed by atoms with Crippen LogP contribution in [0.15, 0.2) is 42.5 Å². The van der Waals surface area contributed by atoms with Crippen LogP contribution in [-0.4, -0.2) is 30.8 Å². The van der Waals surface area contributed by atoms with Gasteiger partial charge in [0.1, 0.15) is 0 Å². The fourth-order valence-corrected chi connectivity index (χ4v) is 3.30. The van der Waals surface area contributed by atoms with E-state index in [1.807, 2.05) is 0 Å². The zero-order valence-electron chi connectivity index (χ0n) is 14.0. The minimum Gasteiger partial charge on any atom is -0.457 e. The van der Waals surface area contributed by atoms with Crippen LogP contribution in [-0.2, 0) is 14.3 Å². The van der Waals surface area contributed by atoms with Gasteiger partial charge < -0.3 is 9.64 Å². The van der Waals surface area contributed by atoms with E-state index in [0.717, 1.165) is 0 Å². The first-order chi connectivity index (χ1) is 12.9. The van der Waals surface area contributed by atoms with E-state index in [1.54, 1.807) is 42.5 Å². The second-order valence-corrected chi connectivity index (χ2v) is 7.24. The Balaban J connectivity index is 1.61. The van der Waals surface area contributed by atoms with E-state index in [9.17, 15) is 14.4 Å². The van der Waals surface area contributed by atoms with Gasteiger partial charge in [-0.25, -0.2) is 0 Å². The Morgan fingerprint density at radius 2 is 1.78 bits per heavy atom. The number of esters is 1. The molecule has 2 aromatic rings. The molecule has 0 unspecified atom stereocenters. The maximum Gasteiger partial charge on any atom is 0.311 e. The van der Waals surface area contributed by atoms with Crippen molar-refractivity contribution in [3.63, 3.8) is 0 Å². The molecule has 1 aliphatic rings. The Bertz CT molecular complexity index is 898. The Morgan fingerprint density at radius 3 is 2.48 bits per heavy atom. The van der Waals surface area contributed by atoms with Gasteiger partial charge in [-0.2, -0.15) is 0 Å². The Hall–Kier alpha value is -2.08. The van der Waals surface area contributed by atoms with Crippen LogP contribution in [0.3, 0.4) is 0 Å². The van der Waals surface area contributed by atoms with Crippen LogP contribution < -0.4 is 4.90 Å². The fourth-order valence-electron chi connectivity index (χ4n) is 2.77. The lowest BCUT2D eigenvalue weighted by Crippen LogP contribution is -2.27. The average molecular weight is 427 g/mol. The predicted molar refractivity (Wildman–Crippen MR) is 104 cm³/mol. The molecule has 2 aromatic carbocycles. The lowest BCUT2D eigenvalue weighted by molar-refractivity contribution is -0.147. The number of halogens is 3. The second-order valence-electron chi connectivity index (χ2n) is 6.02. The van der Waals surface area contributed by atoms with Crippen LogP contribution in [0.5, 0.6) is 0 Å². The van der Waals surface area contributed by atoms with E-state index in [2.05, 4.69) is 0 Å². The number of amides is 1. The number of benzene rings is 2. The Labute approximate surface area is 170 Å². The van der Waals surface area contributed by atoms with Gasteiger partial charge in [0.15, 0.2) is 12.4 Å². The van der Waals surface area contributed by atoms with E-state index in [0.29, 0.717) is 21.3 Å². The molecule has 1 aliphatic heterocycles. The molecular weight excluding hydrogens is 413 g/mol. The largest absolute Gasteiger partial charge is 0.457 e. The molecule has 0 aliphatic carbocycles. The van der Waals surface area contributed by atoms with E-state index < -0.39 is 18.5 Å². The van der Waals surface area contributed by atoms with Crippen molar-refractivity contribution in [2.45, 2.75) is 6.42 Å². The molecule has 1 fully saturated rings. The number of anilines is 1. The van der Waals surface area contributed by atoms with Gasteiger partial charge in [-0.15, -0.1) is 0 Å². The number of hydrogen-bond acceptors (Lipinski definition) is 4. The number of ether oxygens (including phenoxy) is 1. The number of Topliss-reactive ketones (excluding diaryl/α,β-unsaturated/α-hetero) is 1. The number of ketones is 1. The summed E-state index contributed by atoms with van der Waals surface area (Å²) >= 11 is 17.9. The van der Waals surface area contributed by atoms with E-state index >= 15 is 0 Å². The molecule has 3 rings (SSSR count). The van der Waals surface area contributed by atoms with Crippen molar-refractivity contribution in [3.8, 4) is 0 Å². The molecule has 0 aromatic heterocycles. The van der Waals surface area contributed by atoms with E-state index in [4.69, 9.17) is 39.5 Å². The third-order valence-electron chi connectivity index (χ3n) is 4.19. The lowest BCUT2D eigenvalue weighted by atomic mass is 10.1. The summed E-state index contributed by atoms with van der Waals surface area (Å²) in [5.74, 6) is -1.89. The first kappa shape index (κ1) is 19.7. The van der Waals surface area contributed by atoms with Gasteiger partial charge in [0.25, 0.3) is 0 Å². The highest BCUT2D eigenvalue weighted by Crippen LogP contribution is 2.35. The maximum absolute atomic E-state index is 12.3. The molecule has 0 bridgehead atoms. The van der Waals surface area contributed by atoms with Gasteiger partial charge in [-0.3, -0.25) is 14.4 Å². The summed E-state index contributed by atoms with van der Waals surface area (Å²) in [5, 5.41) is 1.08. The number of carbonyl (C=O) groups excluding carboxylic acids is 3. The summed E-state index contributed by atoms with van der Waals surface area (Å²) in [6, 6.07) is 11.2. The molecular formula is C19H14Cl3NO4. The van der Waals surface area contributed by atoms with Crippen LogP contribution >= 0.6 is 34.8 Å². The lowest BCUT2D eigenvalue weighted by Gasteiger charge is -2.18. The number of rotatable bonds is 5. The highest BCUT2D eigenvalue weighted by Gasteiger charge is 2.37. The number of nitrogens with zero attached hydrogens (tertiary/aromatic N) is 1. The summed E-state index contributed by atoms with van der Waals surface area (Å²) in [6.45, 7) is -0.282. The maximum atomic E-state index is 12.3. The molecule has 1 atom stereocenters. The van der Waals surface area contributed by atoms with Crippen molar-refractivity contribution < 1.29 is 19.1 Å². The van der Waals surface area contributed by atoms with Crippen LogP contribution in [0.2, 0.25) is 15.1 Å². The third-order valence-corrected chi connectivity index (χ3v) is 5.25. The molecule has 27 heavy (non-hydrogen) atoms. The SMILES string of the molecule is O=C(COC(=O)[C@H]1CC(=O)N(c2cccc(Cl)c2Cl)C1)c1ccc(Cl)cc1. The predicted octanol–water partition coefficient (Wildman–Crippen LogP) is 4.43. The van der Waals surface area contributed by atoms with Crippen LogP contribution in [0.1, 0.15) is 16.8 Å². The molecule has 0 radical (unpaired) electrons. The van der Waals surface area contributed by atoms with Crippen LogP contribution in [0.25, 0.3) is 0 Å². The zero-order valence-corrected chi connectivity index (χ0v) is 16.2. The molecule has 5 nitrogen and oxygen atoms in total.